The molecule has 56 heavy (non-hydrogen) atoms. The summed E-state index contributed by atoms with van der Waals surface area (Å²) < 4.78 is 6.74. The number of hydrogen-bond donors (Lipinski definition) is 0. The molecule has 0 bridgehead atoms. The van der Waals surface area contributed by atoms with Gasteiger partial charge in [0.05, 0.1) is 11.4 Å². The van der Waals surface area contributed by atoms with Gasteiger partial charge in [0.1, 0.15) is 5.58 Å². The molecule has 0 spiro atoms. The zero-order chi connectivity index (χ0) is 37.0. The summed E-state index contributed by atoms with van der Waals surface area (Å²) in [6, 6.07) is 76.4. The Morgan fingerprint density at radius 1 is 0.304 bits per heavy atom. The first-order chi connectivity index (χ1) is 27.8. The van der Waals surface area contributed by atoms with Gasteiger partial charge in [-0.1, -0.05) is 182 Å². The summed E-state index contributed by atoms with van der Waals surface area (Å²) in [5.41, 5.74) is 12.0. The minimum atomic E-state index is 0.858. The van der Waals surface area contributed by atoms with Crippen LogP contribution in [0.15, 0.2) is 217 Å². The molecule has 10 aromatic carbocycles. The number of para-hydroxylation sites is 3. The van der Waals surface area contributed by atoms with E-state index in [4.69, 9.17) is 4.42 Å². The molecule has 0 amide bonds. The lowest BCUT2D eigenvalue weighted by Crippen LogP contribution is -2.11. The average molecular weight is 714 g/mol. The van der Waals surface area contributed by atoms with Gasteiger partial charge < -0.3 is 9.32 Å². The van der Waals surface area contributed by atoms with Crippen molar-refractivity contribution in [1.82, 2.24) is 0 Å². The van der Waals surface area contributed by atoms with Crippen LogP contribution in [0.2, 0.25) is 0 Å². The van der Waals surface area contributed by atoms with Crippen LogP contribution in [0, 0.1) is 0 Å². The molecular formula is C54H35NO. The quantitative estimate of drug-likeness (QED) is 0.160. The van der Waals surface area contributed by atoms with E-state index in [1.165, 1.54) is 60.1 Å². The van der Waals surface area contributed by atoms with Crippen molar-refractivity contribution in [3.05, 3.63) is 212 Å². The van der Waals surface area contributed by atoms with Gasteiger partial charge in [0, 0.05) is 22.0 Å². The van der Waals surface area contributed by atoms with E-state index >= 15 is 0 Å². The SMILES string of the molecule is c1ccc(-c2cccc3cccc(-c4ccccc4N(c4ccc(-c5cccc6c5ccc5ccccc56)cc4)c4cccc5c4oc4ccccc45)c23)cc1. The topological polar surface area (TPSA) is 16.4 Å². The fraction of sp³-hybridized carbons (Fsp3) is 0. The molecule has 0 atom stereocenters. The number of fused-ring (bicyclic) bond motifs is 7. The third-order valence-corrected chi connectivity index (χ3v) is 11.3. The Morgan fingerprint density at radius 3 is 1.77 bits per heavy atom. The van der Waals surface area contributed by atoms with Crippen LogP contribution in [-0.4, -0.2) is 0 Å². The molecule has 11 aromatic rings. The summed E-state index contributed by atoms with van der Waals surface area (Å²) in [6.45, 7) is 0. The highest BCUT2D eigenvalue weighted by Crippen LogP contribution is 2.48. The molecule has 0 radical (unpaired) electrons. The predicted octanol–water partition coefficient (Wildman–Crippen LogP) is 15.5. The molecule has 0 aliphatic carbocycles. The summed E-state index contributed by atoms with van der Waals surface area (Å²) in [6.07, 6.45) is 0. The number of nitrogens with zero attached hydrogens (tertiary/aromatic N) is 1. The Labute approximate surface area is 325 Å². The third-order valence-electron chi connectivity index (χ3n) is 11.3. The smallest absolute Gasteiger partial charge is 0.159 e. The van der Waals surface area contributed by atoms with Crippen LogP contribution in [0.25, 0.3) is 87.6 Å². The van der Waals surface area contributed by atoms with Crippen molar-refractivity contribution in [3.8, 4) is 33.4 Å². The first-order valence-corrected chi connectivity index (χ1v) is 19.2. The van der Waals surface area contributed by atoms with Gasteiger partial charge in [0.15, 0.2) is 5.58 Å². The van der Waals surface area contributed by atoms with Gasteiger partial charge in [-0.3, -0.25) is 0 Å². The molecule has 262 valence electrons. The van der Waals surface area contributed by atoms with Crippen LogP contribution >= 0.6 is 0 Å². The molecular weight excluding hydrogens is 679 g/mol. The Hall–Kier alpha value is -7.42. The molecule has 0 aliphatic heterocycles. The molecule has 0 saturated carbocycles. The Kier molecular flexibility index (Phi) is 7.53. The van der Waals surface area contributed by atoms with Gasteiger partial charge in [-0.05, 0) is 90.5 Å². The van der Waals surface area contributed by atoms with Crippen molar-refractivity contribution < 1.29 is 4.42 Å². The van der Waals surface area contributed by atoms with Gasteiger partial charge in [-0.25, -0.2) is 0 Å². The Balaban J connectivity index is 1.14. The zero-order valence-corrected chi connectivity index (χ0v) is 30.6. The first-order valence-electron chi connectivity index (χ1n) is 19.2. The maximum Gasteiger partial charge on any atom is 0.159 e. The van der Waals surface area contributed by atoms with E-state index in [9.17, 15) is 0 Å². The normalized spacial score (nSPS) is 11.6. The number of furan rings is 1. The van der Waals surface area contributed by atoms with Gasteiger partial charge in [0.2, 0.25) is 0 Å². The van der Waals surface area contributed by atoms with E-state index in [1.54, 1.807) is 0 Å². The summed E-state index contributed by atoms with van der Waals surface area (Å²) in [4.78, 5) is 2.38. The van der Waals surface area contributed by atoms with Crippen LogP contribution in [-0.2, 0) is 0 Å². The van der Waals surface area contributed by atoms with Crippen molar-refractivity contribution in [2.24, 2.45) is 0 Å². The highest BCUT2D eigenvalue weighted by molar-refractivity contribution is 6.14. The number of anilines is 3. The lowest BCUT2D eigenvalue weighted by molar-refractivity contribution is 0.669. The van der Waals surface area contributed by atoms with Crippen molar-refractivity contribution in [1.29, 1.82) is 0 Å². The molecule has 1 aromatic heterocycles. The van der Waals surface area contributed by atoms with Crippen molar-refractivity contribution >= 4 is 71.3 Å². The molecule has 0 fully saturated rings. The molecule has 0 N–H and O–H groups in total. The molecule has 2 heteroatoms. The largest absolute Gasteiger partial charge is 0.454 e. The summed E-state index contributed by atoms with van der Waals surface area (Å²) in [5, 5.41) is 9.68. The predicted molar refractivity (Wildman–Crippen MR) is 237 cm³/mol. The molecule has 11 rings (SSSR count). The summed E-state index contributed by atoms with van der Waals surface area (Å²) in [5.74, 6) is 0. The van der Waals surface area contributed by atoms with Gasteiger partial charge >= 0.3 is 0 Å². The van der Waals surface area contributed by atoms with Crippen LogP contribution in [0.5, 0.6) is 0 Å². The third kappa shape index (κ3) is 5.19. The van der Waals surface area contributed by atoms with Gasteiger partial charge in [-0.15, -0.1) is 0 Å². The van der Waals surface area contributed by atoms with Crippen molar-refractivity contribution in [3.63, 3.8) is 0 Å². The highest BCUT2D eigenvalue weighted by atomic mass is 16.3. The number of benzene rings is 10. The zero-order valence-electron chi connectivity index (χ0n) is 30.6. The fourth-order valence-corrected chi connectivity index (χ4v) is 8.72. The monoisotopic (exact) mass is 713 g/mol. The molecule has 0 saturated heterocycles. The second-order valence-corrected chi connectivity index (χ2v) is 14.4. The minimum absolute atomic E-state index is 0.858. The maximum absolute atomic E-state index is 6.74. The second-order valence-electron chi connectivity index (χ2n) is 14.4. The van der Waals surface area contributed by atoms with E-state index in [1.807, 2.05) is 6.07 Å². The number of rotatable bonds is 6. The van der Waals surface area contributed by atoms with Gasteiger partial charge in [0.25, 0.3) is 0 Å². The van der Waals surface area contributed by atoms with Crippen molar-refractivity contribution in [2.45, 2.75) is 0 Å². The summed E-state index contributed by atoms with van der Waals surface area (Å²) >= 11 is 0. The second kappa shape index (κ2) is 13.2. The van der Waals surface area contributed by atoms with Crippen LogP contribution in [0.1, 0.15) is 0 Å². The van der Waals surface area contributed by atoms with E-state index in [0.29, 0.717) is 0 Å². The first kappa shape index (κ1) is 32.0. The molecule has 0 aliphatic rings. The van der Waals surface area contributed by atoms with Crippen molar-refractivity contribution in [2.75, 3.05) is 4.90 Å². The molecule has 2 nitrogen and oxygen atoms in total. The van der Waals surface area contributed by atoms with Crippen LogP contribution < -0.4 is 4.90 Å². The Morgan fingerprint density at radius 2 is 0.893 bits per heavy atom. The lowest BCUT2D eigenvalue weighted by atomic mass is 9.90. The van der Waals surface area contributed by atoms with E-state index < -0.39 is 0 Å². The van der Waals surface area contributed by atoms with Gasteiger partial charge in [-0.2, -0.15) is 0 Å². The van der Waals surface area contributed by atoms with E-state index in [2.05, 4.69) is 211 Å². The van der Waals surface area contributed by atoms with Crippen LogP contribution in [0.4, 0.5) is 17.1 Å². The highest BCUT2D eigenvalue weighted by Gasteiger charge is 2.23. The summed E-state index contributed by atoms with van der Waals surface area (Å²) in [7, 11) is 0. The number of hydrogen-bond acceptors (Lipinski definition) is 2. The molecule has 1 heterocycles. The lowest BCUT2D eigenvalue weighted by Gasteiger charge is -2.28. The minimum Gasteiger partial charge on any atom is -0.454 e. The van der Waals surface area contributed by atoms with E-state index in [-0.39, 0.29) is 0 Å². The average Bonchev–Trinajstić information content (AvgIpc) is 3.66. The Bertz CT molecular complexity index is 3240. The van der Waals surface area contributed by atoms with Crippen LogP contribution in [0.3, 0.4) is 0 Å². The fourth-order valence-electron chi connectivity index (χ4n) is 8.72. The van der Waals surface area contributed by atoms with E-state index in [0.717, 1.165) is 44.6 Å². The maximum atomic E-state index is 6.74. The standard InChI is InChI=1S/C54H35NO/c1-2-14-36(15-3-1)43-23-10-17-39-18-11-25-48(53(39)43)46-20-6-8-27-50(46)55(51-28-13-26-49-47-21-7-9-29-52(47)56-54(49)51)40-33-30-38(31-34-40)42-22-12-24-44-41-19-5-4-16-37(41)32-35-45(42)44/h1-35H. The molecule has 0 unspecified atom stereocenters.